The van der Waals surface area contributed by atoms with Crippen molar-refractivity contribution in [3.05, 3.63) is 72.1 Å². The largest absolute Gasteiger partial charge is 0.381 e. The molecule has 5 rings (SSSR count). The van der Waals surface area contributed by atoms with Crippen LogP contribution < -0.4 is 5.32 Å². The lowest BCUT2D eigenvalue weighted by atomic mass is 9.97. The zero-order valence-electron chi connectivity index (χ0n) is 18.7. The Morgan fingerprint density at radius 2 is 2.15 bits per heavy atom. The first kappa shape index (κ1) is 21.3. The van der Waals surface area contributed by atoms with Gasteiger partial charge >= 0.3 is 0 Å². The molecule has 4 aromatic rings. The second-order valence-corrected chi connectivity index (χ2v) is 8.67. The summed E-state index contributed by atoms with van der Waals surface area (Å²) in [6, 6.07) is 8.98. The van der Waals surface area contributed by atoms with Gasteiger partial charge in [-0.15, -0.1) is 0 Å². The Morgan fingerprint density at radius 3 is 2.91 bits per heavy atom. The molecule has 2 atom stereocenters. The fraction of sp³-hybridized carbons (Fsp3) is 0.320. The molecular formula is C25H26FN5O2. The summed E-state index contributed by atoms with van der Waals surface area (Å²) in [5, 5.41) is 7.29. The van der Waals surface area contributed by atoms with Crippen molar-refractivity contribution in [2.45, 2.75) is 25.9 Å². The summed E-state index contributed by atoms with van der Waals surface area (Å²) in [7, 11) is 1.83. The summed E-state index contributed by atoms with van der Waals surface area (Å²) < 4.78 is 24.0. The molecule has 0 bridgehead atoms. The van der Waals surface area contributed by atoms with E-state index in [9.17, 15) is 9.18 Å². The lowest BCUT2D eigenvalue weighted by Crippen LogP contribution is -2.44. The number of benzene rings is 1. The third-order valence-corrected chi connectivity index (χ3v) is 6.27. The summed E-state index contributed by atoms with van der Waals surface area (Å²) in [5.41, 5.74) is 4.07. The van der Waals surface area contributed by atoms with Crippen molar-refractivity contribution in [1.29, 1.82) is 0 Å². The standard InChI is InChI=1S/C25H26FN5O2/c1-16-15-33-9-7-22(16)29-25(32)20-14-31(23-4-3-8-27-24(20)23)13-18-6-5-17(10-21(18)26)19-11-28-30(2)12-19/h3-6,8,10-12,14,16,22H,7,9,13,15H2,1-2H3,(H,29,32)/t16-,22-/m0/s1. The quantitative estimate of drug-likeness (QED) is 0.505. The summed E-state index contributed by atoms with van der Waals surface area (Å²) in [4.78, 5) is 17.6. The monoisotopic (exact) mass is 447 g/mol. The fourth-order valence-electron chi connectivity index (χ4n) is 4.37. The van der Waals surface area contributed by atoms with Gasteiger partial charge in [0.05, 0.1) is 30.4 Å². The van der Waals surface area contributed by atoms with Crippen molar-refractivity contribution in [2.24, 2.45) is 13.0 Å². The van der Waals surface area contributed by atoms with Gasteiger partial charge < -0.3 is 14.6 Å². The molecule has 1 aliphatic heterocycles. The first-order valence-electron chi connectivity index (χ1n) is 11.1. The van der Waals surface area contributed by atoms with Crippen LogP contribution in [-0.2, 0) is 18.3 Å². The predicted octanol–water partition coefficient (Wildman–Crippen LogP) is 3.78. The van der Waals surface area contributed by atoms with Crippen molar-refractivity contribution in [3.63, 3.8) is 0 Å². The molecule has 8 heteroatoms. The summed E-state index contributed by atoms with van der Waals surface area (Å²) in [6.45, 7) is 3.65. The molecule has 0 spiro atoms. The maximum atomic E-state index is 15.0. The van der Waals surface area contributed by atoms with Crippen LogP contribution in [0.5, 0.6) is 0 Å². The third kappa shape index (κ3) is 4.26. The zero-order chi connectivity index (χ0) is 22.9. The molecule has 0 saturated carbocycles. The van der Waals surface area contributed by atoms with E-state index >= 15 is 0 Å². The van der Waals surface area contributed by atoms with Crippen LogP contribution in [0.2, 0.25) is 0 Å². The van der Waals surface area contributed by atoms with Gasteiger partial charge in [-0.2, -0.15) is 5.10 Å². The van der Waals surface area contributed by atoms with Crippen molar-refractivity contribution in [3.8, 4) is 11.1 Å². The number of amides is 1. The van der Waals surface area contributed by atoms with Crippen LogP contribution in [0.15, 0.2) is 55.1 Å². The van der Waals surface area contributed by atoms with Crippen LogP contribution in [-0.4, -0.2) is 44.5 Å². The van der Waals surface area contributed by atoms with Crippen molar-refractivity contribution >= 4 is 16.9 Å². The van der Waals surface area contributed by atoms with Gasteiger partial charge in [0.25, 0.3) is 5.91 Å². The van der Waals surface area contributed by atoms with Gasteiger partial charge in [-0.1, -0.05) is 19.1 Å². The number of nitrogens with one attached hydrogen (secondary N) is 1. The Hall–Kier alpha value is -3.52. The number of carbonyl (C=O) groups excluding carboxylic acids is 1. The minimum Gasteiger partial charge on any atom is -0.381 e. The molecule has 0 radical (unpaired) electrons. The Morgan fingerprint density at radius 1 is 1.27 bits per heavy atom. The first-order chi connectivity index (χ1) is 16.0. The second kappa shape index (κ2) is 8.78. The van der Waals surface area contributed by atoms with Gasteiger partial charge in [0.2, 0.25) is 0 Å². The molecule has 1 aliphatic rings. The Kier molecular flexibility index (Phi) is 5.68. The average molecular weight is 448 g/mol. The number of fused-ring (bicyclic) bond motifs is 1. The number of hydrogen-bond donors (Lipinski definition) is 1. The Bertz CT molecular complexity index is 1310. The van der Waals surface area contributed by atoms with E-state index in [1.54, 1.807) is 29.3 Å². The normalized spacial score (nSPS) is 18.5. The van der Waals surface area contributed by atoms with Crippen LogP contribution >= 0.6 is 0 Å². The van der Waals surface area contributed by atoms with E-state index in [1.807, 2.05) is 36.0 Å². The summed E-state index contributed by atoms with van der Waals surface area (Å²) in [5.74, 6) is -0.218. The molecule has 1 amide bonds. The highest BCUT2D eigenvalue weighted by atomic mass is 19.1. The smallest absolute Gasteiger partial charge is 0.255 e. The van der Waals surface area contributed by atoms with Crippen LogP contribution in [0, 0.1) is 11.7 Å². The van der Waals surface area contributed by atoms with Crippen LogP contribution in [0.1, 0.15) is 29.3 Å². The van der Waals surface area contributed by atoms with E-state index in [0.717, 1.165) is 23.1 Å². The molecule has 0 aliphatic carbocycles. The Balaban J connectivity index is 1.43. The average Bonchev–Trinajstić information content (AvgIpc) is 3.41. The topological polar surface area (TPSA) is 74.0 Å². The molecular weight excluding hydrogens is 421 g/mol. The number of ether oxygens (including phenoxy) is 1. The van der Waals surface area contributed by atoms with Gasteiger partial charge in [-0.25, -0.2) is 4.39 Å². The van der Waals surface area contributed by atoms with E-state index in [-0.39, 0.29) is 23.7 Å². The number of halogens is 1. The minimum absolute atomic E-state index is 0.0610. The van der Waals surface area contributed by atoms with Gasteiger partial charge in [0, 0.05) is 49.4 Å². The summed E-state index contributed by atoms with van der Waals surface area (Å²) >= 11 is 0. The maximum absolute atomic E-state index is 15.0. The minimum atomic E-state index is -0.302. The van der Waals surface area contributed by atoms with E-state index < -0.39 is 0 Å². The highest BCUT2D eigenvalue weighted by Crippen LogP contribution is 2.25. The number of pyridine rings is 1. The predicted molar refractivity (Wildman–Crippen MR) is 123 cm³/mol. The maximum Gasteiger partial charge on any atom is 0.255 e. The molecule has 1 N–H and O–H groups in total. The van der Waals surface area contributed by atoms with E-state index in [2.05, 4.69) is 22.3 Å². The van der Waals surface area contributed by atoms with Gasteiger partial charge in [-0.05, 0) is 36.1 Å². The summed E-state index contributed by atoms with van der Waals surface area (Å²) in [6.07, 6.45) is 7.79. The van der Waals surface area contributed by atoms with E-state index in [1.165, 1.54) is 6.07 Å². The molecule has 170 valence electrons. The zero-order valence-corrected chi connectivity index (χ0v) is 18.7. The molecule has 1 aromatic carbocycles. The lowest BCUT2D eigenvalue weighted by Gasteiger charge is -2.29. The fourth-order valence-corrected chi connectivity index (χ4v) is 4.37. The molecule has 1 fully saturated rings. The number of rotatable bonds is 5. The van der Waals surface area contributed by atoms with Crippen molar-refractivity contribution in [2.75, 3.05) is 13.2 Å². The van der Waals surface area contributed by atoms with E-state index in [0.29, 0.717) is 36.4 Å². The second-order valence-electron chi connectivity index (χ2n) is 8.67. The molecule has 0 unspecified atom stereocenters. The van der Waals surface area contributed by atoms with Crippen LogP contribution in [0.4, 0.5) is 4.39 Å². The highest BCUT2D eigenvalue weighted by Gasteiger charge is 2.26. The van der Waals surface area contributed by atoms with Crippen molar-refractivity contribution < 1.29 is 13.9 Å². The van der Waals surface area contributed by atoms with Crippen molar-refractivity contribution in [1.82, 2.24) is 24.6 Å². The van der Waals surface area contributed by atoms with Gasteiger partial charge in [-0.3, -0.25) is 14.5 Å². The SMILES string of the molecule is C[C@H]1COCC[C@@H]1NC(=O)c1cn(Cc2ccc(-c3cnn(C)c3)cc2F)c2cccnc12. The highest BCUT2D eigenvalue weighted by molar-refractivity contribution is 6.05. The van der Waals surface area contributed by atoms with Crippen LogP contribution in [0.25, 0.3) is 22.2 Å². The number of hydrogen-bond acceptors (Lipinski definition) is 4. The lowest BCUT2D eigenvalue weighted by molar-refractivity contribution is 0.0375. The van der Waals surface area contributed by atoms with Crippen LogP contribution in [0.3, 0.4) is 0 Å². The molecule has 1 saturated heterocycles. The number of aryl methyl sites for hydroxylation is 1. The molecule has 4 heterocycles. The third-order valence-electron chi connectivity index (χ3n) is 6.27. The first-order valence-corrected chi connectivity index (χ1v) is 11.1. The number of nitrogens with zero attached hydrogens (tertiary/aromatic N) is 4. The van der Waals surface area contributed by atoms with E-state index in [4.69, 9.17) is 4.74 Å². The number of aromatic nitrogens is 4. The molecule has 3 aromatic heterocycles. The molecule has 7 nitrogen and oxygen atoms in total. The Labute approximate surface area is 191 Å². The molecule has 33 heavy (non-hydrogen) atoms. The number of carbonyl (C=O) groups is 1. The van der Waals surface area contributed by atoms with Gasteiger partial charge in [0.1, 0.15) is 11.3 Å². The van der Waals surface area contributed by atoms with Gasteiger partial charge in [0.15, 0.2) is 0 Å².